The summed E-state index contributed by atoms with van der Waals surface area (Å²) in [5.74, 6) is 0. The van der Waals surface area contributed by atoms with E-state index >= 15 is 0 Å². The number of nitrogens with zero attached hydrogens (tertiary/aromatic N) is 2. The van der Waals surface area contributed by atoms with Gasteiger partial charge in [-0.25, -0.2) is 0 Å². The summed E-state index contributed by atoms with van der Waals surface area (Å²) in [7, 11) is 0. The number of hydrogen-bond donors (Lipinski definition) is 0. The van der Waals surface area contributed by atoms with Crippen LogP contribution in [-0.2, 0) is 0 Å². The van der Waals surface area contributed by atoms with E-state index in [4.69, 9.17) is 0 Å². The van der Waals surface area contributed by atoms with E-state index in [1.165, 1.54) is 11.1 Å². The third-order valence-corrected chi connectivity index (χ3v) is 1.75. The van der Waals surface area contributed by atoms with Gasteiger partial charge < -0.3 is 0 Å². The van der Waals surface area contributed by atoms with Crippen LogP contribution >= 0.6 is 0 Å². The Balaban J connectivity index is 2.73. The van der Waals surface area contributed by atoms with Crippen molar-refractivity contribution < 1.29 is 0 Å². The quantitative estimate of drug-likeness (QED) is 0.646. The van der Waals surface area contributed by atoms with Crippen molar-refractivity contribution in [1.29, 1.82) is 0 Å². The third kappa shape index (κ3) is 3.20. The maximum absolute atomic E-state index is 4.12. The van der Waals surface area contributed by atoms with Crippen LogP contribution in [0.5, 0.6) is 0 Å². The fourth-order valence-corrected chi connectivity index (χ4v) is 0.981. The minimum atomic E-state index is 0.833. The lowest BCUT2D eigenvalue weighted by Crippen LogP contribution is -1.80. The molecule has 0 saturated heterocycles. The SMILES string of the molecule is CCN=C/C=C(\C)c1ccncc1. The Morgan fingerprint density at radius 2 is 2.15 bits per heavy atom. The lowest BCUT2D eigenvalue weighted by atomic mass is 10.1. The molecule has 0 fully saturated rings. The van der Waals surface area contributed by atoms with E-state index in [1.54, 1.807) is 12.4 Å². The van der Waals surface area contributed by atoms with Gasteiger partial charge in [-0.1, -0.05) is 0 Å². The minimum absolute atomic E-state index is 0.833. The Bertz CT molecular complexity index is 299. The van der Waals surface area contributed by atoms with E-state index in [-0.39, 0.29) is 0 Å². The van der Waals surface area contributed by atoms with Gasteiger partial charge in [-0.3, -0.25) is 9.98 Å². The van der Waals surface area contributed by atoms with Crippen molar-refractivity contribution in [2.24, 2.45) is 4.99 Å². The van der Waals surface area contributed by atoms with Crippen LogP contribution in [0.15, 0.2) is 35.6 Å². The number of rotatable bonds is 3. The molecular formula is C11H14N2. The molecule has 0 aliphatic carbocycles. The molecule has 0 aliphatic rings. The molecule has 1 aromatic rings. The Morgan fingerprint density at radius 3 is 2.77 bits per heavy atom. The first-order chi connectivity index (χ1) is 6.34. The molecule has 0 aliphatic heterocycles. The van der Waals surface area contributed by atoms with Gasteiger partial charge in [-0.2, -0.15) is 0 Å². The van der Waals surface area contributed by atoms with Gasteiger partial charge in [0.15, 0.2) is 0 Å². The normalized spacial score (nSPS) is 12.3. The highest BCUT2D eigenvalue weighted by Gasteiger charge is 1.90. The summed E-state index contributed by atoms with van der Waals surface area (Å²) >= 11 is 0. The molecule has 2 nitrogen and oxygen atoms in total. The predicted molar refractivity (Wildman–Crippen MR) is 56.9 cm³/mol. The lowest BCUT2D eigenvalue weighted by molar-refractivity contribution is 1.14. The maximum Gasteiger partial charge on any atom is 0.0360 e. The molecule has 0 unspecified atom stereocenters. The van der Waals surface area contributed by atoms with Gasteiger partial charge in [-0.05, 0) is 43.2 Å². The summed E-state index contributed by atoms with van der Waals surface area (Å²) in [6.07, 6.45) is 7.45. The minimum Gasteiger partial charge on any atom is -0.293 e. The van der Waals surface area contributed by atoms with Crippen molar-refractivity contribution >= 4 is 11.8 Å². The van der Waals surface area contributed by atoms with Crippen LogP contribution in [0.2, 0.25) is 0 Å². The molecule has 0 bridgehead atoms. The van der Waals surface area contributed by atoms with Crippen LogP contribution in [0.25, 0.3) is 5.57 Å². The second-order valence-electron chi connectivity index (χ2n) is 2.73. The fraction of sp³-hybridized carbons (Fsp3) is 0.273. The van der Waals surface area contributed by atoms with E-state index in [9.17, 15) is 0 Å². The standard InChI is InChI=1S/C11H14N2/c1-3-12-7-4-10(2)11-5-8-13-9-6-11/h4-9H,3H2,1-2H3/b10-4+,12-7?. The van der Waals surface area contributed by atoms with Crippen LogP contribution < -0.4 is 0 Å². The molecule has 0 spiro atoms. The topological polar surface area (TPSA) is 25.2 Å². The second kappa shape index (κ2) is 5.25. The molecule has 1 aromatic heterocycles. The van der Waals surface area contributed by atoms with Crippen LogP contribution in [-0.4, -0.2) is 17.7 Å². The zero-order chi connectivity index (χ0) is 9.52. The molecule has 13 heavy (non-hydrogen) atoms. The monoisotopic (exact) mass is 174 g/mol. The van der Waals surface area contributed by atoms with Gasteiger partial charge in [0, 0.05) is 25.2 Å². The number of allylic oxidation sites excluding steroid dienone is 2. The summed E-state index contributed by atoms with van der Waals surface area (Å²) in [6, 6.07) is 3.98. The predicted octanol–water partition coefficient (Wildman–Crippen LogP) is 2.58. The molecule has 0 amide bonds. The molecule has 0 radical (unpaired) electrons. The largest absolute Gasteiger partial charge is 0.293 e. The first kappa shape index (κ1) is 9.65. The van der Waals surface area contributed by atoms with Gasteiger partial charge in [0.25, 0.3) is 0 Å². The first-order valence-corrected chi connectivity index (χ1v) is 4.41. The molecule has 0 saturated carbocycles. The van der Waals surface area contributed by atoms with E-state index < -0.39 is 0 Å². The summed E-state index contributed by atoms with van der Waals surface area (Å²) in [5, 5.41) is 0. The molecule has 2 heteroatoms. The molecule has 1 rings (SSSR count). The summed E-state index contributed by atoms with van der Waals surface area (Å²) in [4.78, 5) is 8.08. The van der Waals surface area contributed by atoms with E-state index in [1.807, 2.05) is 31.3 Å². The smallest absolute Gasteiger partial charge is 0.0360 e. The molecule has 0 N–H and O–H groups in total. The van der Waals surface area contributed by atoms with Crippen LogP contribution in [0.3, 0.4) is 0 Å². The molecule has 0 atom stereocenters. The van der Waals surface area contributed by atoms with Gasteiger partial charge in [0.2, 0.25) is 0 Å². The van der Waals surface area contributed by atoms with Crippen molar-refractivity contribution in [3.63, 3.8) is 0 Å². The van der Waals surface area contributed by atoms with Crippen LogP contribution in [0.1, 0.15) is 19.4 Å². The van der Waals surface area contributed by atoms with Gasteiger partial charge in [0.1, 0.15) is 0 Å². The first-order valence-electron chi connectivity index (χ1n) is 4.41. The van der Waals surface area contributed by atoms with E-state index in [2.05, 4.69) is 16.9 Å². The van der Waals surface area contributed by atoms with E-state index in [0.717, 1.165) is 6.54 Å². The second-order valence-corrected chi connectivity index (χ2v) is 2.73. The highest BCUT2D eigenvalue weighted by Crippen LogP contribution is 2.10. The average Bonchev–Trinajstić information content (AvgIpc) is 2.19. The number of aromatic nitrogens is 1. The number of pyridine rings is 1. The molecule has 1 heterocycles. The van der Waals surface area contributed by atoms with Gasteiger partial charge in [0.05, 0.1) is 0 Å². The van der Waals surface area contributed by atoms with Crippen LogP contribution in [0.4, 0.5) is 0 Å². The lowest BCUT2D eigenvalue weighted by Gasteiger charge is -1.97. The van der Waals surface area contributed by atoms with Crippen molar-refractivity contribution in [2.75, 3.05) is 6.54 Å². The highest BCUT2D eigenvalue weighted by atomic mass is 14.7. The fourth-order valence-electron chi connectivity index (χ4n) is 0.981. The summed E-state index contributed by atoms with van der Waals surface area (Å²) in [6.45, 7) is 4.92. The zero-order valence-electron chi connectivity index (χ0n) is 8.07. The maximum atomic E-state index is 4.12. The summed E-state index contributed by atoms with van der Waals surface area (Å²) < 4.78 is 0. The Hall–Kier alpha value is -1.44. The van der Waals surface area contributed by atoms with Gasteiger partial charge in [-0.15, -0.1) is 0 Å². The van der Waals surface area contributed by atoms with Crippen molar-refractivity contribution in [3.05, 3.63) is 36.2 Å². The Morgan fingerprint density at radius 1 is 1.46 bits per heavy atom. The Kier molecular flexibility index (Phi) is 3.89. The Labute approximate surface area is 79.0 Å². The zero-order valence-corrected chi connectivity index (χ0v) is 8.07. The van der Waals surface area contributed by atoms with E-state index in [0.29, 0.717) is 0 Å². The summed E-state index contributed by atoms with van der Waals surface area (Å²) in [5.41, 5.74) is 2.40. The van der Waals surface area contributed by atoms with Gasteiger partial charge >= 0.3 is 0 Å². The molecule has 68 valence electrons. The van der Waals surface area contributed by atoms with Crippen molar-refractivity contribution in [1.82, 2.24) is 4.98 Å². The highest BCUT2D eigenvalue weighted by molar-refractivity contribution is 5.83. The number of hydrogen-bond acceptors (Lipinski definition) is 2. The molecule has 0 aromatic carbocycles. The average molecular weight is 174 g/mol. The number of aliphatic imine (C=N–C) groups is 1. The van der Waals surface area contributed by atoms with Crippen molar-refractivity contribution in [2.45, 2.75) is 13.8 Å². The third-order valence-electron chi connectivity index (χ3n) is 1.75. The van der Waals surface area contributed by atoms with Crippen LogP contribution in [0, 0.1) is 0 Å². The molecular weight excluding hydrogens is 160 g/mol. The van der Waals surface area contributed by atoms with Crippen molar-refractivity contribution in [3.8, 4) is 0 Å².